The van der Waals surface area contributed by atoms with Gasteiger partial charge in [0.25, 0.3) is 0 Å². The molecule has 1 aliphatic rings. The molecule has 6 nitrogen and oxygen atoms in total. The molecule has 7 heteroatoms. The first-order chi connectivity index (χ1) is 12.5. The van der Waals surface area contributed by atoms with Crippen LogP contribution in [0.15, 0.2) is 36.4 Å². The lowest BCUT2D eigenvalue weighted by atomic mass is 10.1. The molecular formula is C19H19ClN2O4. The van der Waals surface area contributed by atoms with Crippen molar-refractivity contribution in [3.8, 4) is 11.5 Å². The van der Waals surface area contributed by atoms with E-state index in [0.29, 0.717) is 41.0 Å². The van der Waals surface area contributed by atoms with Gasteiger partial charge in [-0.2, -0.15) is 0 Å². The number of hydrogen-bond donors (Lipinski definition) is 1. The molecule has 2 N–H and O–H groups in total. The van der Waals surface area contributed by atoms with E-state index in [1.807, 2.05) is 0 Å². The number of carbonyl (C=O) groups is 2. The van der Waals surface area contributed by atoms with E-state index in [1.54, 1.807) is 43.4 Å². The number of ether oxygens (including phenoxy) is 2. The van der Waals surface area contributed by atoms with Crippen LogP contribution in [-0.4, -0.2) is 32.1 Å². The van der Waals surface area contributed by atoms with E-state index in [0.717, 1.165) is 12.0 Å². The number of halogens is 1. The summed E-state index contributed by atoms with van der Waals surface area (Å²) in [5.74, 6) is 0.455. The minimum absolute atomic E-state index is 0.123. The van der Waals surface area contributed by atoms with Gasteiger partial charge >= 0.3 is 0 Å². The molecule has 0 radical (unpaired) electrons. The molecule has 0 aliphatic carbocycles. The molecule has 0 saturated heterocycles. The number of carbonyl (C=O) groups excluding carboxylic acids is 2. The number of benzene rings is 2. The summed E-state index contributed by atoms with van der Waals surface area (Å²) in [6.45, 7) is 1.10. The second kappa shape index (κ2) is 7.66. The molecule has 0 atom stereocenters. The Hall–Kier alpha value is -2.73. The van der Waals surface area contributed by atoms with Gasteiger partial charge in [0.1, 0.15) is 0 Å². The SMILES string of the molecule is CN(C(=O)Cc1cc(Cl)c2c(c1)OCCCO2)c1ccc(C(N)=O)cc1. The number of primary amides is 1. The quantitative estimate of drug-likeness (QED) is 0.892. The van der Waals surface area contributed by atoms with Gasteiger partial charge in [0.05, 0.1) is 24.7 Å². The fraction of sp³-hybridized carbons (Fsp3) is 0.263. The third-order valence-electron chi connectivity index (χ3n) is 4.13. The molecule has 0 bridgehead atoms. The summed E-state index contributed by atoms with van der Waals surface area (Å²) in [6.07, 6.45) is 0.938. The van der Waals surface area contributed by atoms with E-state index in [4.69, 9.17) is 26.8 Å². The zero-order valence-electron chi connectivity index (χ0n) is 14.3. The van der Waals surface area contributed by atoms with E-state index < -0.39 is 5.91 Å². The van der Waals surface area contributed by atoms with Crippen LogP contribution in [0, 0.1) is 0 Å². The molecule has 2 aromatic carbocycles. The number of anilines is 1. The smallest absolute Gasteiger partial charge is 0.248 e. The average molecular weight is 375 g/mol. The van der Waals surface area contributed by atoms with Crippen LogP contribution in [0.5, 0.6) is 11.5 Å². The van der Waals surface area contributed by atoms with Gasteiger partial charge in [-0.3, -0.25) is 9.59 Å². The summed E-state index contributed by atoms with van der Waals surface area (Å²) in [7, 11) is 1.67. The van der Waals surface area contributed by atoms with Gasteiger partial charge in [-0.15, -0.1) is 0 Å². The topological polar surface area (TPSA) is 81.9 Å². The summed E-state index contributed by atoms with van der Waals surface area (Å²) >= 11 is 6.27. The molecule has 2 aromatic rings. The Bertz CT molecular complexity index is 836. The third kappa shape index (κ3) is 3.91. The van der Waals surface area contributed by atoms with Crippen molar-refractivity contribution in [1.29, 1.82) is 0 Å². The number of fused-ring (bicyclic) bond motifs is 1. The number of amides is 2. The molecule has 0 saturated carbocycles. The van der Waals surface area contributed by atoms with Crippen molar-refractivity contribution in [3.63, 3.8) is 0 Å². The summed E-state index contributed by atoms with van der Waals surface area (Å²) in [6, 6.07) is 10.0. The van der Waals surface area contributed by atoms with Crippen molar-refractivity contribution in [3.05, 3.63) is 52.5 Å². The summed E-state index contributed by atoms with van der Waals surface area (Å²) in [5, 5.41) is 0.431. The van der Waals surface area contributed by atoms with Crippen LogP contribution >= 0.6 is 11.6 Å². The maximum atomic E-state index is 12.6. The lowest BCUT2D eigenvalue weighted by Crippen LogP contribution is -2.28. The number of nitrogens with two attached hydrogens (primary N) is 1. The second-order valence-corrected chi connectivity index (χ2v) is 6.40. The van der Waals surface area contributed by atoms with E-state index in [-0.39, 0.29) is 12.3 Å². The fourth-order valence-electron chi connectivity index (χ4n) is 2.67. The van der Waals surface area contributed by atoms with Gasteiger partial charge in [0, 0.05) is 24.7 Å². The second-order valence-electron chi connectivity index (χ2n) is 6.00. The first-order valence-corrected chi connectivity index (χ1v) is 8.58. The Balaban J connectivity index is 1.75. The van der Waals surface area contributed by atoms with Crippen molar-refractivity contribution >= 4 is 29.1 Å². The Morgan fingerprint density at radius 2 is 1.85 bits per heavy atom. The van der Waals surface area contributed by atoms with E-state index in [1.165, 1.54) is 4.90 Å². The predicted molar refractivity (Wildman–Crippen MR) is 99.1 cm³/mol. The van der Waals surface area contributed by atoms with Gasteiger partial charge in [0.2, 0.25) is 11.8 Å². The Labute approximate surface area is 156 Å². The zero-order chi connectivity index (χ0) is 18.7. The summed E-state index contributed by atoms with van der Waals surface area (Å²) in [4.78, 5) is 25.3. The van der Waals surface area contributed by atoms with Crippen molar-refractivity contribution in [2.75, 3.05) is 25.2 Å². The molecule has 0 spiro atoms. The van der Waals surface area contributed by atoms with Crippen LogP contribution in [0.4, 0.5) is 5.69 Å². The monoisotopic (exact) mass is 374 g/mol. The predicted octanol–water partition coefficient (Wildman–Crippen LogP) is 2.81. The number of nitrogens with zero attached hydrogens (tertiary/aromatic N) is 1. The standard InChI is InChI=1S/C19H19ClN2O4/c1-22(14-5-3-13(4-6-14)19(21)24)17(23)11-12-9-15(20)18-16(10-12)25-7-2-8-26-18/h3-6,9-10H,2,7-8,11H2,1H3,(H2,21,24). The van der Waals surface area contributed by atoms with Crippen LogP contribution in [0.1, 0.15) is 22.3 Å². The maximum absolute atomic E-state index is 12.6. The fourth-order valence-corrected chi connectivity index (χ4v) is 2.96. The number of likely N-dealkylation sites (N-methyl/N-ethyl adjacent to an activating group) is 1. The van der Waals surface area contributed by atoms with Crippen molar-refractivity contribution in [2.45, 2.75) is 12.8 Å². The molecule has 1 aliphatic heterocycles. The Morgan fingerprint density at radius 3 is 2.54 bits per heavy atom. The minimum atomic E-state index is -0.507. The van der Waals surface area contributed by atoms with Crippen molar-refractivity contribution in [2.24, 2.45) is 5.73 Å². The van der Waals surface area contributed by atoms with Crippen LogP contribution in [0.2, 0.25) is 5.02 Å². The third-order valence-corrected chi connectivity index (χ3v) is 4.41. The molecular weight excluding hydrogens is 356 g/mol. The highest BCUT2D eigenvalue weighted by Crippen LogP contribution is 2.38. The van der Waals surface area contributed by atoms with E-state index >= 15 is 0 Å². The van der Waals surface area contributed by atoms with Gasteiger partial charge < -0.3 is 20.1 Å². The van der Waals surface area contributed by atoms with E-state index in [2.05, 4.69) is 0 Å². The molecule has 3 rings (SSSR count). The summed E-state index contributed by atoms with van der Waals surface area (Å²) < 4.78 is 11.3. The van der Waals surface area contributed by atoms with E-state index in [9.17, 15) is 9.59 Å². The zero-order valence-corrected chi connectivity index (χ0v) is 15.1. The minimum Gasteiger partial charge on any atom is -0.489 e. The molecule has 26 heavy (non-hydrogen) atoms. The van der Waals surface area contributed by atoms with Crippen LogP contribution in [-0.2, 0) is 11.2 Å². The Morgan fingerprint density at radius 1 is 1.15 bits per heavy atom. The molecule has 0 fully saturated rings. The lowest BCUT2D eigenvalue weighted by Gasteiger charge is -2.18. The molecule has 136 valence electrons. The first-order valence-electron chi connectivity index (χ1n) is 8.20. The molecule has 2 amide bonds. The first kappa shape index (κ1) is 18.1. The largest absolute Gasteiger partial charge is 0.489 e. The average Bonchev–Trinajstić information content (AvgIpc) is 2.87. The van der Waals surface area contributed by atoms with Gasteiger partial charge in [-0.1, -0.05) is 11.6 Å². The highest BCUT2D eigenvalue weighted by Gasteiger charge is 2.18. The van der Waals surface area contributed by atoms with Crippen molar-refractivity contribution < 1.29 is 19.1 Å². The van der Waals surface area contributed by atoms with Gasteiger partial charge in [-0.25, -0.2) is 0 Å². The van der Waals surface area contributed by atoms with Crippen LogP contribution in [0.3, 0.4) is 0 Å². The lowest BCUT2D eigenvalue weighted by molar-refractivity contribution is -0.117. The van der Waals surface area contributed by atoms with Crippen LogP contribution < -0.4 is 20.1 Å². The Kier molecular flexibility index (Phi) is 5.32. The number of rotatable bonds is 4. The summed E-state index contributed by atoms with van der Waals surface area (Å²) in [5.41, 5.74) is 7.03. The maximum Gasteiger partial charge on any atom is 0.248 e. The highest BCUT2D eigenvalue weighted by atomic mass is 35.5. The van der Waals surface area contributed by atoms with Gasteiger partial charge in [0.15, 0.2) is 11.5 Å². The highest BCUT2D eigenvalue weighted by molar-refractivity contribution is 6.32. The molecule has 0 unspecified atom stereocenters. The molecule has 1 heterocycles. The van der Waals surface area contributed by atoms with Crippen molar-refractivity contribution in [1.82, 2.24) is 0 Å². The number of hydrogen-bond acceptors (Lipinski definition) is 4. The van der Waals surface area contributed by atoms with Gasteiger partial charge in [-0.05, 0) is 42.0 Å². The normalized spacial score (nSPS) is 13.0. The molecule has 0 aromatic heterocycles. The van der Waals surface area contributed by atoms with Crippen LogP contribution in [0.25, 0.3) is 0 Å².